The SMILES string of the molecule is Cc1cccc(-c2[nH]cnc2-c2ccc3ncc(NC[C@H]4C[C@H](C(=O)O[C@H]5CCN(C)C5)C4)cc3c2)n1. The van der Waals surface area contributed by atoms with Gasteiger partial charge in [0.1, 0.15) is 6.10 Å². The zero-order chi connectivity index (χ0) is 25.4. The number of rotatable bonds is 7. The van der Waals surface area contributed by atoms with Crippen molar-refractivity contribution in [3.05, 3.63) is 60.7 Å². The number of ether oxygens (including phenoxy) is 1. The third kappa shape index (κ3) is 5.06. The molecule has 6 rings (SSSR count). The molecule has 1 atom stereocenters. The van der Waals surface area contributed by atoms with Crippen molar-refractivity contribution < 1.29 is 9.53 Å². The van der Waals surface area contributed by atoms with Crippen LogP contribution in [0.15, 0.2) is 55.0 Å². The molecule has 3 aromatic heterocycles. The van der Waals surface area contributed by atoms with E-state index >= 15 is 0 Å². The van der Waals surface area contributed by atoms with E-state index in [1.54, 1.807) is 6.33 Å². The number of pyridine rings is 2. The molecule has 1 aliphatic heterocycles. The molecule has 37 heavy (non-hydrogen) atoms. The number of imidazole rings is 1. The van der Waals surface area contributed by atoms with Gasteiger partial charge >= 0.3 is 5.97 Å². The topological polar surface area (TPSA) is 96.0 Å². The van der Waals surface area contributed by atoms with Crippen LogP contribution in [0.25, 0.3) is 33.5 Å². The number of likely N-dealkylation sites (tertiary alicyclic amines) is 1. The molecule has 0 amide bonds. The first kappa shape index (κ1) is 23.6. The molecule has 8 heteroatoms. The Bertz CT molecular complexity index is 1430. The maximum Gasteiger partial charge on any atom is 0.309 e. The lowest BCUT2D eigenvalue weighted by Crippen LogP contribution is -2.37. The summed E-state index contributed by atoms with van der Waals surface area (Å²) in [6.45, 7) is 4.67. The standard InChI is InChI=1S/C29H32N6O2/c1-18-4-3-5-26(34-18)28-27(32-17-33-28)20-6-7-25-21(12-20)13-23(15-31-25)30-14-19-10-22(11-19)29(36)37-24-8-9-35(2)16-24/h3-7,12-13,15,17,19,22,24,30H,8-11,14,16H2,1-2H3,(H,32,33)/t19-,22-,24-/m0/s1. The lowest BCUT2D eigenvalue weighted by molar-refractivity contribution is -0.158. The van der Waals surface area contributed by atoms with Crippen molar-refractivity contribution in [3.63, 3.8) is 0 Å². The highest BCUT2D eigenvalue weighted by Crippen LogP contribution is 2.36. The van der Waals surface area contributed by atoms with Crippen LogP contribution in [0.1, 0.15) is 25.0 Å². The molecular formula is C29H32N6O2. The highest BCUT2D eigenvalue weighted by molar-refractivity contribution is 5.88. The average molecular weight is 497 g/mol. The minimum Gasteiger partial charge on any atom is -0.461 e. The Morgan fingerprint density at radius 3 is 2.89 bits per heavy atom. The van der Waals surface area contributed by atoms with E-state index < -0.39 is 0 Å². The van der Waals surface area contributed by atoms with E-state index in [0.717, 1.165) is 83.8 Å². The molecule has 4 heterocycles. The first-order valence-corrected chi connectivity index (χ1v) is 13.0. The molecule has 1 aromatic carbocycles. The fraction of sp³-hybridized carbons (Fsp3) is 0.379. The zero-order valence-corrected chi connectivity index (χ0v) is 21.3. The van der Waals surface area contributed by atoms with Crippen molar-refractivity contribution in [2.24, 2.45) is 11.8 Å². The normalized spacial score (nSPS) is 21.6. The largest absolute Gasteiger partial charge is 0.461 e. The Morgan fingerprint density at radius 1 is 1.19 bits per heavy atom. The van der Waals surface area contributed by atoms with Gasteiger partial charge in [0.25, 0.3) is 0 Å². The van der Waals surface area contributed by atoms with Gasteiger partial charge in [-0.05, 0) is 69.5 Å². The third-order valence-corrected chi connectivity index (χ3v) is 7.53. The van der Waals surface area contributed by atoms with Crippen molar-refractivity contribution >= 4 is 22.6 Å². The van der Waals surface area contributed by atoms with Crippen molar-refractivity contribution in [2.75, 3.05) is 32.0 Å². The number of esters is 1. The van der Waals surface area contributed by atoms with E-state index in [0.29, 0.717) is 5.92 Å². The summed E-state index contributed by atoms with van der Waals surface area (Å²) in [4.78, 5) is 31.8. The molecule has 0 unspecified atom stereocenters. The summed E-state index contributed by atoms with van der Waals surface area (Å²) in [6.07, 6.45) is 6.36. The number of carbonyl (C=O) groups is 1. The molecule has 2 fully saturated rings. The molecule has 2 N–H and O–H groups in total. The molecule has 0 spiro atoms. The van der Waals surface area contributed by atoms with Crippen LogP contribution in [0, 0.1) is 18.8 Å². The Balaban J connectivity index is 1.09. The van der Waals surface area contributed by atoms with Crippen LogP contribution in [0.5, 0.6) is 0 Å². The van der Waals surface area contributed by atoms with E-state index in [-0.39, 0.29) is 18.0 Å². The molecule has 190 valence electrons. The number of aryl methyl sites for hydroxylation is 1. The van der Waals surface area contributed by atoms with Gasteiger partial charge < -0.3 is 19.9 Å². The van der Waals surface area contributed by atoms with Crippen LogP contribution >= 0.6 is 0 Å². The van der Waals surface area contributed by atoms with Crippen LogP contribution in [0.3, 0.4) is 0 Å². The second kappa shape index (κ2) is 9.94. The Hall–Kier alpha value is -3.78. The predicted octanol–water partition coefficient (Wildman–Crippen LogP) is 4.68. The number of hydrogen-bond donors (Lipinski definition) is 2. The van der Waals surface area contributed by atoms with Crippen LogP contribution < -0.4 is 5.32 Å². The van der Waals surface area contributed by atoms with Crippen molar-refractivity contribution in [1.29, 1.82) is 0 Å². The second-order valence-corrected chi connectivity index (χ2v) is 10.4. The maximum absolute atomic E-state index is 12.4. The summed E-state index contributed by atoms with van der Waals surface area (Å²) in [5.41, 5.74) is 6.54. The maximum atomic E-state index is 12.4. The van der Waals surface area contributed by atoms with Crippen LogP contribution in [0.4, 0.5) is 5.69 Å². The third-order valence-electron chi connectivity index (χ3n) is 7.53. The Kier molecular flexibility index (Phi) is 6.34. The number of nitrogens with one attached hydrogen (secondary N) is 2. The minimum absolute atomic E-state index is 0.0185. The van der Waals surface area contributed by atoms with Crippen molar-refractivity contribution in [2.45, 2.75) is 32.3 Å². The quantitative estimate of drug-likeness (QED) is 0.359. The molecule has 8 nitrogen and oxygen atoms in total. The average Bonchev–Trinajstić information content (AvgIpc) is 3.51. The highest BCUT2D eigenvalue weighted by Gasteiger charge is 2.37. The molecule has 2 aliphatic rings. The molecule has 0 radical (unpaired) electrons. The molecule has 4 aromatic rings. The number of aromatic amines is 1. The number of fused-ring (bicyclic) bond motifs is 1. The highest BCUT2D eigenvalue weighted by atomic mass is 16.5. The molecule has 1 saturated carbocycles. The van der Waals surface area contributed by atoms with Gasteiger partial charge in [0.05, 0.1) is 46.7 Å². The first-order chi connectivity index (χ1) is 18.0. The van der Waals surface area contributed by atoms with Crippen molar-refractivity contribution in [3.8, 4) is 22.6 Å². The van der Waals surface area contributed by atoms with E-state index in [4.69, 9.17) is 4.74 Å². The van der Waals surface area contributed by atoms with E-state index in [9.17, 15) is 4.79 Å². The van der Waals surface area contributed by atoms with Gasteiger partial charge in [-0.2, -0.15) is 0 Å². The van der Waals surface area contributed by atoms with Crippen LogP contribution in [-0.2, 0) is 9.53 Å². The smallest absolute Gasteiger partial charge is 0.309 e. The number of anilines is 1. The van der Waals surface area contributed by atoms with Gasteiger partial charge in [0.15, 0.2) is 0 Å². The molecule has 0 bridgehead atoms. The Labute approximate surface area is 216 Å². The summed E-state index contributed by atoms with van der Waals surface area (Å²) >= 11 is 0. The summed E-state index contributed by atoms with van der Waals surface area (Å²) in [6, 6.07) is 14.3. The van der Waals surface area contributed by atoms with Gasteiger partial charge in [-0.25, -0.2) is 4.98 Å². The summed E-state index contributed by atoms with van der Waals surface area (Å²) < 4.78 is 5.71. The molecular weight excluding hydrogens is 464 g/mol. The second-order valence-electron chi connectivity index (χ2n) is 10.4. The molecule has 1 aliphatic carbocycles. The Morgan fingerprint density at radius 2 is 2.08 bits per heavy atom. The van der Waals surface area contributed by atoms with Gasteiger partial charge in [0, 0.05) is 36.3 Å². The summed E-state index contributed by atoms with van der Waals surface area (Å²) in [7, 11) is 2.07. The minimum atomic E-state index is -0.0185. The zero-order valence-electron chi connectivity index (χ0n) is 21.3. The number of carbonyl (C=O) groups excluding carboxylic acids is 1. The fourth-order valence-electron chi connectivity index (χ4n) is 5.37. The number of nitrogens with zero attached hydrogens (tertiary/aromatic N) is 4. The van der Waals surface area contributed by atoms with Gasteiger partial charge in [-0.1, -0.05) is 12.1 Å². The summed E-state index contributed by atoms with van der Waals surface area (Å²) in [5, 5.41) is 4.57. The number of H-pyrrole nitrogens is 1. The van der Waals surface area contributed by atoms with E-state index in [2.05, 4.69) is 55.4 Å². The van der Waals surface area contributed by atoms with Crippen LogP contribution in [-0.4, -0.2) is 63.6 Å². The number of hydrogen-bond acceptors (Lipinski definition) is 7. The number of aromatic nitrogens is 4. The predicted molar refractivity (Wildman–Crippen MR) is 144 cm³/mol. The van der Waals surface area contributed by atoms with Gasteiger partial charge in [0.2, 0.25) is 0 Å². The summed E-state index contributed by atoms with van der Waals surface area (Å²) in [5.74, 6) is 0.496. The lowest BCUT2D eigenvalue weighted by atomic mass is 9.75. The van der Waals surface area contributed by atoms with Crippen LogP contribution in [0.2, 0.25) is 0 Å². The number of likely N-dealkylation sites (N-methyl/N-ethyl adjacent to an activating group) is 1. The lowest BCUT2D eigenvalue weighted by Gasteiger charge is -2.34. The fourth-order valence-corrected chi connectivity index (χ4v) is 5.37. The first-order valence-electron chi connectivity index (χ1n) is 13.0. The van der Waals surface area contributed by atoms with Gasteiger partial charge in [-0.15, -0.1) is 0 Å². The van der Waals surface area contributed by atoms with E-state index in [1.165, 1.54) is 0 Å². The van der Waals surface area contributed by atoms with Gasteiger partial charge in [-0.3, -0.25) is 14.8 Å². The van der Waals surface area contributed by atoms with E-state index in [1.807, 2.05) is 37.4 Å². The van der Waals surface area contributed by atoms with Crippen molar-refractivity contribution in [1.82, 2.24) is 24.8 Å². The number of benzene rings is 1. The molecule has 1 saturated heterocycles. The monoisotopic (exact) mass is 496 g/mol.